The number of carbonyl (C=O) groups excluding carboxylic acids is 2. The van der Waals surface area contributed by atoms with Crippen LogP contribution < -0.4 is 10.6 Å². The third-order valence-electron chi connectivity index (χ3n) is 5.13. The maximum atomic E-state index is 12.6. The Morgan fingerprint density at radius 3 is 2.52 bits per heavy atom. The zero-order chi connectivity index (χ0) is 23.0. The van der Waals surface area contributed by atoms with Crippen molar-refractivity contribution in [1.82, 2.24) is 15.2 Å². The van der Waals surface area contributed by atoms with Gasteiger partial charge >= 0.3 is 0 Å². The fourth-order valence-electron chi connectivity index (χ4n) is 3.51. The zero-order valence-corrected chi connectivity index (χ0v) is 17.8. The van der Waals surface area contributed by atoms with Crippen LogP contribution in [-0.4, -0.2) is 16.4 Å². The van der Waals surface area contributed by atoms with E-state index in [4.69, 9.17) is 4.42 Å². The number of fused-ring (bicyclic) bond motifs is 1. The summed E-state index contributed by atoms with van der Waals surface area (Å²) in [4.78, 5) is 25.1. The van der Waals surface area contributed by atoms with Gasteiger partial charge in [-0.15, -0.1) is 0 Å². The van der Waals surface area contributed by atoms with Crippen LogP contribution in [0.3, 0.4) is 0 Å². The lowest BCUT2D eigenvalue weighted by atomic mass is 10.1. The molecule has 4 rings (SSSR count). The highest BCUT2D eigenvalue weighted by molar-refractivity contribution is 6.04. The standard InChI is InChI=1S/C26H22N4O3/c27-14-20(26(32)29-15-19-7-2-1-3-8-19)13-21-17-30(24-11-5-4-10-23(21)24)18-25(31)28-16-22-9-6-12-33-22/h1-13,17H,15-16,18H2,(H,28,31)(H,29,32)/b20-13+. The molecule has 164 valence electrons. The van der Waals surface area contributed by atoms with E-state index in [0.29, 0.717) is 24.4 Å². The Morgan fingerprint density at radius 1 is 0.970 bits per heavy atom. The second kappa shape index (κ2) is 10.2. The number of nitrogens with one attached hydrogen (secondary N) is 2. The smallest absolute Gasteiger partial charge is 0.262 e. The topological polar surface area (TPSA) is 100 Å². The molecule has 2 aromatic heterocycles. The number of hydrogen-bond donors (Lipinski definition) is 2. The van der Waals surface area contributed by atoms with Gasteiger partial charge in [-0.05, 0) is 29.8 Å². The van der Waals surface area contributed by atoms with Crippen LogP contribution in [0.15, 0.2) is 89.2 Å². The van der Waals surface area contributed by atoms with Crippen LogP contribution in [0, 0.1) is 11.3 Å². The second-order valence-corrected chi connectivity index (χ2v) is 7.42. The number of carbonyl (C=O) groups is 2. The van der Waals surface area contributed by atoms with Crippen molar-refractivity contribution >= 4 is 28.8 Å². The summed E-state index contributed by atoms with van der Waals surface area (Å²) in [5, 5.41) is 16.0. The van der Waals surface area contributed by atoms with E-state index >= 15 is 0 Å². The molecule has 0 aliphatic carbocycles. The molecule has 2 aromatic carbocycles. The highest BCUT2D eigenvalue weighted by atomic mass is 16.3. The summed E-state index contributed by atoms with van der Waals surface area (Å²) in [5.74, 6) is 0.0442. The van der Waals surface area contributed by atoms with Crippen LogP contribution in [0.2, 0.25) is 0 Å². The molecular formula is C26H22N4O3. The second-order valence-electron chi connectivity index (χ2n) is 7.42. The van der Waals surface area contributed by atoms with Gasteiger partial charge in [-0.25, -0.2) is 0 Å². The van der Waals surface area contributed by atoms with E-state index in [0.717, 1.165) is 16.5 Å². The Morgan fingerprint density at radius 2 is 1.76 bits per heavy atom. The molecule has 4 aromatic rings. The number of benzene rings is 2. The number of furan rings is 1. The van der Waals surface area contributed by atoms with Gasteiger partial charge < -0.3 is 19.6 Å². The third kappa shape index (κ3) is 5.38. The molecule has 0 radical (unpaired) electrons. The molecule has 0 spiro atoms. The molecule has 2 N–H and O–H groups in total. The predicted molar refractivity (Wildman–Crippen MR) is 124 cm³/mol. The first-order chi connectivity index (χ1) is 16.1. The lowest BCUT2D eigenvalue weighted by molar-refractivity contribution is -0.122. The molecule has 7 heteroatoms. The Bertz CT molecular complexity index is 1330. The fraction of sp³-hybridized carbons (Fsp3) is 0.115. The Labute approximate surface area is 190 Å². The van der Waals surface area contributed by atoms with Crippen LogP contribution in [0.5, 0.6) is 0 Å². The molecule has 0 aliphatic rings. The van der Waals surface area contributed by atoms with Crippen LogP contribution in [-0.2, 0) is 29.2 Å². The van der Waals surface area contributed by atoms with Gasteiger partial charge in [-0.1, -0.05) is 48.5 Å². The number of nitrogens with zero attached hydrogens (tertiary/aromatic N) is 2. The van der Waals surface area contributed by atoms with E-state index in [1.807, 2.05) is 60.7 Å². The molecule has 0 saturated carbocycles. The lowest BCUT2D eigenvalue weighted by Crippen LogP contribution is -2.26. The van der Waals surface area contributed by atoms with Gasteiger partial charge in [0.1, 0.15) is 23.9 Å². The summed E-state index contributed by atoms with van der Waals surface area (Å²) in [7, 11) is 0. The molecule has 7 nitrogen and oxygen atoms in total. The normalized spacial score (nSPS) is 11.2. The lowest BCUT2D eigenvalue weighted by Gasteiger charge is -2.06. The van der Waals surface area contributed by atoms with E-state index in [1.165, 1.54) is 0 Å². The first-order valence-electron chi connectivity index (χ1n) is 10.4. The molecular weight excluding hydrogens is 416 g/mol. The van der Waals surface area contributed by atoms with E-state index in [1.54, 1.807) is 35.2 Å². The molecule has 2 heterocycles. The monoisotopic (exact) mass is 438 g/mol. The molecule has 0 fully saturated rings. The van der Waals surface area contributed by atoms with E-state index in [2.05, 4.69) is 10.6 Å². The number of nitriles is 1. The molecule has 0 atom stereocenters. The number of hydrogen-bond acceptors (Lipinski definition) is 4. The molecule has 0 aliphatic heterocycles. The molecule has 0 bridgehead atoms. The van der Waals surface area contributed by atoms with Crippen molar-refractivity contribution in [2.75, 3.05) is 0 Å². The van der Waals surface area contributed by atoms with Crippen LogP contribution >= 0.6 is 0 Å². The third-order valence-corrected chi connectivity index (χ3v) is 5.13. The van der Waals surface area contributed by atoms with Gasteiger partial charge in [0.05, 0.1) is 12.8 Å². The van der Waals surface area contributed by atoms with E-state index < -0.39 is 5.91 Å². The van der Waals surface area contributed by atoms with Crippen molar-refractivity contribution in [3.05, 3.63) is 102 Å². The predicted octanol–water partition coefficient (Wildman–Crippen LogP) is 3.77. The first kappa shape index (κ1) is 21.7. The van der Waals surface area contributed by atoms with Gasteiger partial charge in [0, 0.05) is 29.2 Å². The summed E-state index contributed by atoms with van der Waals surface area (Å²) < 4.78 is 7.04. The largest absolute Gasteiger partial charge is 0.467 e. The Balaban J connectivity index is 1.51. The highest BCUT2D eigenvalue weighted by Crippen LogP contribution is 2.23. The Kier molecular flexibility index (Phi) is 6.67. The first-order valence-corrected chi connectivity index (χ1v) is 10.4. The van der Waals surface area contributed by atoms with E-state index in [-0.39, 0.29) is 18.0 Å². The maximum absolute atomic E-state index is 12.6. The highest BCUT2D eigenvalue weighted by Gasteiger charge is 2.14. The number of rotatable bonds is 8. The fourth-order valence-corrected chi connectivity index (χ4v) is 3.51. The molecule has 0 saturated heterocycles. The van der Waals surface area contributed by atoms with Crippen molar-refractivity contribution in [3.63, 3.8) is 0 Å². The SMILES string of the molecule is N#C/C(=C\c1cn(CC(=O)NCc2ccco2)c2ccccc12)C(=O)NCc1ccccc1. The molecule has 0 unspecified atom stereocenters. The Hall–Kier alpha value is -4.57. The average Bonchev–Trinajstić information content (AvgIpc) is 3.49. The van der Waals surface area contributed by atoms with Crippen molar-refractivity contribution < 1.29 is 14.0 Å². The number of para-hydroxylation sites is 1. The summed E-state index contributed by atoms with van der Waals surface area (Å²) in [6.45, 7) is 0.728. The van der Waals surface area contributed by atoms with Crippen molar-refractivity contribution in [3.8, 4) is 6.07 Å². The summed E-state index contributed by atoms with van der Waals surface area (Å²) in [5.41, 5.74) is 2.46. The van der Waals surface area contributed by atoms with E-state index in [9.17, 15) is 14.9 Å². The molecule has 33 heavy (non-hydrogen) atoms. The summed E-state index contributed by atoms with van der Waals surface area (Å²) in [6, 6.07) is 22.6. The zero-order valence-electron chi connectivity index (χ0n) is 17.8. The minimum absolute atomic E-state index is 0.00361. The minimum Gasteiger partial charge on any atom is -0.467 e. The van der Waals surface area contributed by atoms with Gasteiger partial charge in [0.25, 0.3) is 5.91 Å². The van der Waals surface area contributed by atoms with Gasteiger partial charge in [0.15, 0.2) is 0 Å². The van der Waals surface area contributed by atoms with Gasteiger partial charge in [-0.2, -0.15) is 5.26 Å². The number of aromatic nitrogens is 1. The van der Waals surface area contributed by atoms with Crippen LogP contribution in [0.1, 0.15) is 16.9 Å². The van der Waals surface area contributed by atoms with Crippen molar-refractivity contribution in [2.24, 2.45) is 0 Å². The van der Waals surface area contributed by atoms with Crippen LogP contribution in [0.25, 0.3) is 17.0 Å². The van der Waals surface area contributed by atoms with Gasteiger partial charge in [0.2, 0.25) is 5.91 Å². The minimum atomic E-state index is -0.450. The summed E-state index contributed by atoms with van der Waals surface area (Å²) >= 11 is 0. The quantitative estimate of drug-likeness (QED) is 0.323. The van der Waals surface area contributed by atoms with Crippen LogP contribution in [0.4, 0.5) is 0 Å². The maximum Gasteiger partial charge on any atom is 0.262 e. The van der Waals surface area contributed by atoms with Gasteiger partial charge in [-0.3, -0.25) is 9.59 Å². The van der Waals surface area contributed by atoms with Crippen molar-refractivity contribution in [1.29, 1.82) is 5.26 Å². The van der Waals surface area contributed by atoms with Crippen molar-refractivity contribution in [2.45, 2.75) is 19.6 Å². The summed E-state index contributed by atoms with van der Waals surface area (Å²) in [6.07, 6.45) is 4.89. The number of amides is 2. The average molecular weight is 438 g/mol. The molecule has 2 amide bonds.